The van der Waals surface area contributed by atoms with E-state index in [0.717, 1.165) is 25.7 Å². The summed E-state index contributed by atoms with van der Waals surface area (Å²) >= 11 is 0. The second kappa shape index (κ2) is 6.50. The van der Waals surface area contributed by atoms with Crippen LogP contribution in [0, 0.1) is 5.92 Å². The summed E-state index contributed by atoms with van der Waals surface area (Å²) in [5, 5.41) is 2.93. The summed E-state index contributed by atoms with van der Waals surface area (Å²) in [6, 6.07) is 3.37. The Morgan fingerprint density at radius 1 is 1.15 bits per heavy atom. The Morgan fingerprint density at radius 3 is 2.40 bits per heavy atom. The molecule has 1 aromatic rings. The standard InChI is InChI=1S/C15H22N2O3/c1-19-13-9-12(14(20-2)8-11(13)16)17-15(18)10-6-4-3-5-7-10/h8-10H,3-7,16H2,1-2H3,(H,17,18). The molecule has 20 heavy (non-hydrogen) atoms. The minimum absolute atomic E-state index is 0.0508. The Balaban J connectivity index is 2.16. The second-order valence-corrected chi connectivity index (χ2v) is 5.12. The number of hydrogen-bond acceptors (Lipinski definition) is 4. The van der Waals surface area contributed by atoms with Crippen molar-refractivity contribution in [1.82, 2.24) is 0 Å². The smallest absolute Gasteiger partial charge is 0.227 e. The topological polar surface area (TPSA) is 73.6 Å². The minimum atomic E-state index is 0.0508. The van der Waals surface area contributed by atoms with E-state index in [0.29, 0.717) is 22.9 Å². The van der Waals surface area contributed by atoms with Gasteiger partial charge in [-0.05, 0) is 12.8 Å². The van der Waals surface area contributed by atoms with Crippen LogP contribution in [0.4, 0.5) is 11.4 Å². The highest BCUT2D eigenvalue weighted by Gasteiger charge is 2.22. The molecule has 1 aliphatic rings. The molecule has 5 heteroatoms. The van der Waals surface area contributed by atoms with Crippen LogP contribution in [0.2, 0.25) is 0 Å². The Labute approximate surface area is 119 Å². The SMILES string of the molecule is COc1cc(NC(=O)C2CCCCC2)c(OC)cc1N. The Kier molecular flexibility index (Phi) is 4.71. The van der Waals surface area contributed by atoms with E-state index >= 15 is 0 Å². The molecule has 0 aliphatic heterocycles. The first-order valence-corrected chi connectivity index (χ1v) is 6.98. The fourth-order valence-corrected chi connectivity index (χ4v) is 2.62. The van der Waals surface area contributed by atoms with Crippen molar-refractivity contribution in [2.24, 2.45) is 5.92 Å². The van der Waals surface area contributed by atoms with Gasteiger partial charge in [0, 0.05) is 18.1 Å². The van der Waals surface area contributed by atoms with Crippen LogP contribution in [0.25, 0.3) is 0 Å². The molecule has 2 rings (SSSR count). The molecule has 0 spiro atoms. The molecule has 0 saturated heterocycles. The number of ether oxygens (including phenoxy) is 2. The van der Waals surface area contributed by atoms with Crippen LogP contribution in [-0.2, 0) is 4.79 Å². The number of nitrogens with one attached hydrogen (secondary N) is 1. The van der Waals surface area contributed by atoms with Crippen molar-refractivity contribution in [2.75, 3.05) is 25.3 Å². The van der Waals surface area contributed by atoms with Gasteiger partial charge in [0.15, 0.2) is 0 Å². The molecule has 1 amide bonds. The van der Waals surface area contributed by atoms with Gasteiger partial charge in [0.25, 0.3) is 0 Å². The van der Waals surface area contributed by atoms with Crippen LogP contribution in [0.15, 0.2) is 12.1 Å². The molecule has 1 aliphatic carbocycles. The summed E-state index contributed by atoms with van der Waals surface area (Å²) in [6.07, 6.45) is 5.39. The van der Waals surface area contributed by atoms with Crippen molar-refractivity contribution >= 4 is 17.3 Å². The van der Waals surface area contributed by atoms with Crippen LogP contribution in [0.3, 0.4) is 0 Å². The maximum Gasteiger partial charge on any atom is 0.227 e. The average Bonchev–Trinajstić information content (AvgIpc) is 2.49. The van der Waals surface area contributed by atoms with Crippen molar-refractivity contribution in [2.45, 2.75) is 32.1 Å². The Hall–Kier alpha value is -1.91. The minimum Gasteiger partial charge on any atom is -0.495 e. The number of carbonyl (C=O) groups is 1. The van der Waals surface area contributed by atoms with Gasteiger partial charge in [-0.3, -0.25) is 4.79 Å². The molecular weight excluding hydrogens is 256 g/mol. The maximum absolute atomic E-state index is 12.3. The lowest BCUT2D eigenvalue weighted by molar-refractivity contribution is -0.120. The van der Waals surface area contributed by atoms with E-state index in [1.165, 1.54) is 6.42 Å². The van der Waals surface area contributed by atoms with Crippen molar-refractivity contribution in [3.63, 3.8) is 0 Å². The number of rotatable bonds is 4. The third-order valence-corrected chi connectivity index (χ3v) is 3.79. The van der Waals surface area contributed by atoms with Crippen molar-refractivity contribution in [1.29, 1.82) is 0 Å². The van der Waals surface area contributed by atoms with Gasteiger partial charge >= 0.3 is 0 Å². The number of nitrogen functional groups attached to an aromatic ring is 1. The molecule has 5 nitrogen and oxygen atoms in total. The molecule has 1 saturated carbocycles. The van der Waals surface area contributed by atoms with Gasteiger partial charge in [0.2, 0.25) is 5.91 Å². The molecule has 0 heterocycles. The van der Waals surface area contributed by atoms with Crippen LogP contribution < -0.4 is 20.5 Å². The van der Waals surface area contributed by atoms with Crippen molar-refractivity contribution in [3.05, 3.63) is 12.1 Å². The van der Waals surface area contributed by atoms with E-state index in [2.05, 4.69) is 5.32 Å². The van der Waals surface area contributed by atoms with Gasteiger partial charge in [-0.1, -0.05) is 19.3 Å². The molecule has 0 aromatic heterocycles. The van der Waals surface area contributed by atoms with Crippen LogP contribution in [0.5, 0.6) is 11.5 Å². The Morgan fingerprint density at radius 2 is 1.80 bits per heavy atom. The van der Waals surface area contributed by atoms with Crippen molar-refractivity contribution in [3.8, 4) is 11.5 Å². The van der Waals surface area contributed by atoms with E-state index in [-0.39, 0.29) is 11.8 Å². The highest BCUT2D eigenvalue weighted by atomic mass is 16.5. The van der Waals surface area contributed by atoms with E-state index in [9.17, 15) is 4.79 Å². The van der Waals surface area contributed by atoms with Crippen LogP contribution in [0.1, 0.15) is 32.1 Å². The highest BCUT2D eigenvalue weighted by Crippen LogP contribution is 2.35. The molecule has 110 valence electrons. The quantitative estimate of drug-likeness (QED) is 0.831. The fraction of sp³-hybridized carbons (Fsp3) is 0.533. The highest BCUT2D eigenvalue weighted by molar-refractivity contribution is 5.94. The second-order valence-electron chi connectivity index (χ2n) is 5.12. The lowest BCUT2D eigenvalue weighted by Gasteiger charge is -2.21. The number of benzene rings is 1. The number of methoxy groups -OCH3 is 2. The van der Waals surface area contributed by atoms with E-state index in [1.54, 1.807) is 26.4 Å². The number of hydrogen-bond donors (Lipinski definition) is 2. The average molecular weight is 278 g/mol. The monoisotopic (exact) mass is 278 g/mol. The Bertz CT molecular complexity index is 482. The van der Waals surface area contributed by atoms with E-state index < -0.39 is 0 Å². The van der Waals surface area contributed by atoms with Gasteiger partial charge in [-0.2, -0.15) is 0 Å². The normalized spacial score (nSPS) is 15.7. The number of amides is 1. The summed E-state index contributed by atoms with van der Waals surface area (Å²) in [6.45, 7) is 0. The molecule has 1 fully saturated rings. The van der Waals surface area contributed by atoms with Gasteiger partial charge in [-0.25, -0.2) is 0 Å². The molecule has 0 radical (unpaired) electrons. The van der Waals surface area contributed by atoms with Crippen LogP contribution >= 0.6 is 0 Å². The largest absolute Gasteiger partial charge is 0.495 e. The zero-order chi connectivity index (χ0) is 14.5. The molecule has 0 unspecified atom stereocenters. The third kappa shape index (κ3) is 3.15. The number of nitrogens with two attached hydrogens (primary N) is 1. The lowest BCUT2D eigenvalue weighted by atomic mass is 9.88. The summed E-state index contributed by atoms with van der Waals surface area (Å²) < 4.78 is 10.4. The fourth-order valence-electron chi connectivity index (χ4n) is 2.62. The third-order valence-electron chi connectivity index (χ3n) is 3.79. The zero-order valence-corrected chi connectivity index (χ0v) is 12.1. The first-order chi connectivity index (χ1) is 9.65. The predicted octanol–water partition coefficient (Wildman–Crippen LogP) is 2.80. The van der Waals surface area contributed by atoms with Gasteiger partial charge < -0.3 is 20.5 Å². The zero-order valence-electron chi connectivity index (χ0n) is 12.1. The first-order valence-electron chi connectivity index (χ1n) is 6.98. The predicted molar refractivity (Wildman–Crippen MR) is 79.2 cm³/mol. The van der Waals surface area contributed by atoms with E-state index in [1.807, 2.05) is 0 Å². The van der Waals surface area contributed by atoms with Gasteiger partial charge in [0.1, 0.15) is 11.5 Å². The van der Waals surface area contributed by atoms with Crippen molar-refractivity contribution < 1.29 is 14.3 Å². The van der Waals surface area contributed by atoms with E-state index in [4.69, 9.17) is 15.2 Å². The molecule has 0 atom stereocenters. The molecule has 3 N–H and O–H groups in total. The first kappa shape index (κ1) is 14.5. The molecular formula is C15H22N2O3. The molecule has 0 bridgehead atoms. The summed E-state index contributed by atoms with van der Waals surface area (Å²) in [4.78, 5) is 12.3. The van der Waals surface area contributed by atoms with Crippen LogP contribution in [-0.4, -0.2) is 20.1 Å². The lowest BCUT2D eigenvalue weighted by Crippen LogP contribution is -2.25. The molecule has 1 aromatic carbocycles. The summed E-state index contributed by atoms with van der Waals surface area (Å²) in [7, 11) is 3.10. The maximum atomic E-state index is 12.3. The number of carbonyl (C=O) groups excluding carboxylic acids is 1. The van der Waals surface area contributed by atoms with Gasteiger partial charge in [-0.15, -0.1) is 0 Å². The number of anilines is 2. The summed E-state index contributed by atoms with van der Waals surface area (Å²) in [5.41, 5.74) is 6.92. The summed E-state index contributed by atoms with van der Waals surface area (Å²) in [5.74, 6) is 1.23. The van der Waals surface area contributed by atoms with Gasteiger partial charge in [0.05, 0.1) is 25.6 Å².